The van der Waals surface area contributed by atoms with Gasteiger partial charge in [-0.05, 0) is 25.0 Å². The fourth-order valence-electron chi connectivity index (χ4n) is 2.22. The van der Waals surface area contributed by atoms with Crippen molar-refractivity contribution in [3.8, 4) is 0 Å². The zero-order chi connectivity index (χ0) is 15.7. The molecule has 22 heavy (non-hydrogen) atoms. The molecule has 0 saturated heterocycles. The molecule has 0 radical (unpaired) electrons. The lowest BCUT2D eigenvalue weighted by Gasteiger charge is -2.23. The van der Waals surface area contributed by atoms with Crippen molar-refractivity contribution in [3.63, 3.8) is 0 Å². The Labute approximate surface area is 134 Å². The summed E-state index contributed by atoms with van der Waals surface area (Å²) in [5.41, 5.74) is 5.29. The third kappa shape index (κ3) is 3.09. The molecule has 0 aliphatic carbocycles. The van der Waals surface area contributed by atoms with Gasteiger partial charge < -0.3 is 16.2 Å². The smallest absolute Gasteiger partial charge is 0.345 e. The number of carboxylic acid groups (broad SMARTS) is 1. The van der Waals surface area contributed by atoms with Crippen LogP contribution in [-0.4, -0.2) is 32.8 Å². The number of anilines is 2. The normalized spacial score (nSPS) is 16.8. The predicted molar refractivity (Wildman–Crippen MR) is 87.0 cm³/mol. The van der Waals surface area contributed by atoms with E-state index in [4.69, 9.17) is 10.8 Å². The highest BCUT2D eigenvalue weighted by Crippen LogP contribution is 2.33. The number of hydrogen-bond donors (Lipinski definition) is 4. The standard InChI is InChI=1S/C13H14N4O3S2/c14-13-16-10-9(11(18)17-13)22-7(5-15-10)2-1-6-3-4-8(21-6)12(19)20/h3-4,7H,1-2,5H2,(H,19,20)(H4,14,15,16,17,18)/t7-/m0/s1. The van der Waals surface area contributed by atoms with Crippen LogP contribution >= 0.6 is 23.1 Å². The lowest BCUT2D eigenvalue weighted by Crippen LogP contribution is -2.28. The van der Waals surface area contributed by atoms with Crippen molar-refractivity contribution >= 4 is 40.8 Å². The number of nitrogen functional groups attached to an aromatic ring is 1. The molecule has 5 N–H and O–H groups in total. The SMILES string of the molecule is Nc1nc2c(c(=O)[nH]1)S[C@@H](CCc1ccc(C(=O)O)s1)CN2. The van der Waals surface area contributed by atoms with Gasteiger partial charge in [0.25, 0.3) is 5.56 Å². The maximum atomic E-state index is 11.9. The Morgan fingerprint density at radius 2 is 2.32 bits per heavy atom. The number of nitrogens with zero attached hydrogens (tertiary/aromatic N) is 1. The van der Waals surface area contributed by atoms with Crippen molar-refractivity contribution in [2.45, 2.75) is 23.0 Å². The molecule has 2 aromatic rings. The molecule has 116 valence electrons. The first-order chi connectivity index (χ1) is 10.5. The van der Waals surface area contributed by atoms with Gasteiger partial charge >= 0.3 is 5.97 Å². The van der Waals surface area contributed by atoms with Crippen LogP contribution < -0.4 is 16.6 Å². The van der Waals surface area contributed by atoms with Crippen LogP contribution in [0.3, 0.4) is 0 Å². The molecule has 3 rings (SSSR count). The zero-order valence-electron chi connectivity index (χ0n) is 11.5. The first-order valence-electron chi connectivity index (χ1n) is 6.65. The number of H-pyrrole nitrogens is 1. The van der Waals surface area contributed by atoms with Crippen LogP contribution in [0, 0.1) is 0 Å². The minimum absolute atomic E-state index is 0.107. The fraction of sp³-hybridized carbons (Fsp3) is 0.308. The summed E-state index contributed by atoms with van der Waals surface area (Å²) in [5.74, 6) is -0.254. The molecule has 0 spiro atoms. The number of aromatic amines is 1. The van der Waals surface area contributed by atoms with E-state index in [2.05, 4.69) is 15.3 Å². The van der Waals surface area contributed by atoms with Crippen molar-refractivity contribution in [1.82, 2.24) is 9.97 Å². The quantitative estimate of drug-likeness (QED) is 0.668. The zero-order valence-corrected chi connectivity index (χ0v) is 13.1. The summed E-state index contributed by atoms with van der Waals surface area (Å²) in [6.07, 6.45) is 1.63. The van der Waals surface area contributed by atoms with Crippen LogP contribution in [0.5, 0.6) is 0 Å². The van der Waals surface area contributed by atoms with Gasteiger partial charge in [-0.25, -0.2) is 4.79 Å². The predicted octanol–water partition coefficient (Wildman–Crippen LogP) is 1.63. The molecule has 0 amide bonds. The van der Waals surface area contributed by atoms with E-state index in [1.807, 2.05) is 6.07 Å². The summed E-state index contributed by atoms with van der Waals surface area (Å²) in [4.78, 5) is 31.3. The van der Waals surface area contributed by atoms with E-state index in [-0.39, 0.29) is 16.8 Å². The minimum atomic E-state index is -0.894. The average molecular weight is 338 g/mol. The van der Waals surface area contributed by atoms with E-state index in [0.717, 1.165) is 17.7 Å². The second-order valence-electron chi connectivity index (χ2n) is 4.86. The number of nitrogens with one attached hydrogen (secondary N) is 2. The summed E-state index contributed by atoms with van der Waals surface area (Å²) >= 11 is 2.78. The second kappa shape index (κ2) is 6.01. The second-order valence-corrected chi connectivity index (χ2v) is 7.34. The van der Waals surface area contributed by atoms with Crippen LogP contribution in [0.15, 0.2) is 21.8 Å². The molecule has 1 aliphatic heterocycles. The monoisotopic (exact) mass is 338 g/mol. The number of rotatable bonds is 4. The Morgan fingerprint density at radius 1 is 1.50 bits per heavy atom. The number of hydrogen-bond acceptors (Lipinski definition) is 7. The van der Waals surface area contributed by atoms with E-state index in [9.17, 15) is 9.59 Å². The van der Waals surface area contributed by atoms with Gasteiger partial charge in [0.2, 0.25) is 5.95 Å². The van der Waals surface area contributed by atoms with Crippen molar-refractivity contribution < 1.29 is 9.90 Å². The third-order valence-corrected chi connectivity index (χ3v) is 5.75. The topological polar surface area (TPSA) is 121 Å². The van der Waals surface area contributed by atoms with E-state index < -0.39 is 5.97 Å². The highest BCUT2D eigenvalue weighted by atomic mass is 32.2. The number of carbonyl (C=O) groups is 1. The first-order valence-corrected chi connectivity index (χ1v) is 8.35. The minimum Gasteiger partial charge on any atom is -0.477 e. The average Bonchev–Trinajstić information content (AvgIpc) is 2.94. The Bertz CT molecular complexity index is 771. The van der Waals surface area contributed by atoms with Gasteiger partial charge in [-0.15, -0.1) is 23.1 Å². The van der Waals surface area contributed by atoms with Crippen LogP contribution in [0.1, 0.15) is 21.0 Å². The summed E-state index contributed by atoms with van der Waals surface area (Å²) < 4.78 is 0. The van der Waals surface area contributed by atoms with Crippen molar-refractivity contribution in [1.29, 1.82) is 0 Å². The van der Waals surface area contributed by atoms with Gasteiger partial charge in [0.05, 0.1) is 0 Å². The number of nitrogens with two attached hydrogens (primary N) is 1. The Hall–Kier alpha value is -2.00. The molecule has 9 heteroatoms. The molecule has 2 aromatic heterocycles. The first kappa shape index (κ1) is 14.9. The maximum Gasteiger partial charge on any atom is 0.345 e. The maximum absolute atomic E-state index is 11.9. The molecule has 1 aliphatic rings. The lowest BCUT2D eigenvalue weighted by atomic mass is 10.2. The summed E-state index contributed by atoms with van der Waals surface area (Å²) in [6, 6.07) is 3.47. The van der Waals surface area contributed by atoms with Crippen LogP contribution in [0.25, 0.3) is 0 Å². The number of thioether (sulfide) groups is 1. The Kier molecular flexibility index (Phi) is 4.08. The molecular formula is C13H14N4O3S2. The van der Waals surface area contributed by atoms with E-state index in [1.165, 1.54) is 23.1 Å². The number of fused-ring (bicyclic) bond motifs is 1. The fourth-order valence-corrected chi connectivity index (χ4v) is 4.20. The molecule has 0 unspecified atom stereocenters. The van der Waals surface area contributed by atoms with Crippen LogP contribution in [0.2, 0.25) is 0 Å². The van der Waals surface area contributed by atoms with Crippen molar-refractivity contribution in [3.05, 3.63) is 32.2 Å². The molecule has 0 aromatic carbocycles. The molecule has 0 fully saturated rings. The largest absolute Gasteiger partial charge is 0.477 e. The molecule has 3 heterocycles. The van der Waals surface area contributed by atoms with Gasteiger partial charge in [0.15, 0.2) is 0 Å². The van der Waals surface area contributed by atoms with Gasteiger partial charge in [-0.3, -0.25) is 9.78 Å². The molecule has 7 nitrogen and oxygen atoms in total. The van der Waals surface area contributed by atoms with Gasteiger partial charge in [0.1, 0.15) is 15.6 Å². The van der Waals surface area contributed by atoms with Crippen molar-refractivity contribution in [2.24, 2.45) is 0 Å². The van der Waals surface area contributed by atoms with E-state index >= 15 is 0 Å². The Balaban J connectivity index is 1.65. The molecule has 1 atom stereocenters. The summed E-state index contributed by atoms with van der Waals surface area (Å²) in [6.45, 7) is 0.699. The molecular weight excluding hydrogens is 324 g/mol. The Morgan fingerprint density at radius 3 is 3.05 bits per heavy atom. The van der Waals surface area contributed by atoms with Crippen LogP contribution in [-0.2, 0) is 6.42 Å². The number of aromatic nitrogens is 2. The summed E-state index contributed by atoms with van der Waals surface area (Å²) in [5, 5.41) is 12.3. The third-order valence-electron chi connectivity index (χ3n) is 3.26. The molecule has 0 bridgehead atoms. The highest BCUT2D eigenvalue weighted by Gasteiger charge is 2.23. The van der Waals surface area contributed by atoms with Crippen molar-refractivity contribution in [2.75, 3.05) is 17.6 Å². The summed E-state index contributed by atoms with van der Waals surface area (Å²) in [7, 11) is 0. The highest BCUT2D eigenvalue weighted by molar-refractivity contribution is 8.00. The van der Waals surface area contributed by atoms with Crippen LogP contribution in [0.4, 0.5) is 11.8 Å². The molecule has 0 saturated carbocycles. The number of aryl methyl sites for hydroxylation is 1. The van der Waals surface area contributed by atoms with E-state index in [0.29, 0.717) is 22.1 Å². The lowest BCUT2D eigenvalue weighted by molar-refractivity contribution is 0.0702. The number of carboxylic acids is 1. The van der Waals surface area contributed by atoms with Gasteiger partial charge in [-0.2, -0.15) is 4.98 Å². The van der Waals surface area contributed by atoms with Gasteiger partial charge in [-0.1, -0.05) is 0 Å². The number of aromatic carboxylic acids is 1. The van der Waals surface area contributed by atoms with E-state index in [1.54, 1.807) is 6.07 Å². The van der Waals surface area contributed by atoms with Gasteiger partial charge in [0, 0.05) is 16.7 Å². The number of thiophene rings is 1.